The lowest BCUT2D eigenvalue weighted by Crippen LogP contribution is -2.23. The Labute approximate surface area is 127 Å². The SMILES string of the molecule is Br.CN1CC=C(c2csc3cccc(Cl)c23)CC1. The van der Waals surface area contributed by atoms with Crippen LogP contribution in [0, 0.1) is 0 Å². The van der Waals surface area contributed by atoms with Crippen LogP contribution in [0.3, 0.4) is 0 Å². The number of nitrogens with zero attached hydrogens (tertiary/aromatic N) is 1. The van der Waals surface area contributed by atoms with Crippen LogP contribution >= 0.6 is 39.9 Å². The van der Waals surface area contributed by atoms with Gasteiger partial charge in [-0.3, -0.25) is 0 Å². The third kappa shape index (κ3) is 2.50. The van der Waals surface area contributed by atoms with E-state index in [2.05, 4.69) is 29.5 Å². The number of hydrogen-bond acceptors (Lipinski definition) is 2. The van der Waals surface area contributed by atoms with Gasteiger partial charge in [-0.25, -0.2) is 0 Å². The molecule has 0 bridgehead atoms. The van der Waals surface area contributed by atoms with Crippen molar-refractivity contribution in [2.75, 3.05) is 20.1 Å². The number of fused-ring (bicyclic) bond motifs is 1. The van der Waals surface area contributed by atoms with E-state index in [1.807, 2.05) is 12.1 Å². The summed E-state index contributed by atoms with van der Waals surface area (Å²) < 4.78 is 1.28. The predicted octanol–water partition coefficient (Wildman–Crippen LogP) is 4.85. The largest absolute Gasteiger partial charge is 0.302 e. The Morgan fingerprint density at radius 3 is 2.89 bits per heavy atom. The number of halogens is 2. The van der Waals surface area contributed by atoms with Crippen molar-refractivity contribution in [2.45, 2.75) is 6.42 Å². The lowest BCUT2D eigenvalue weighted by molar-refractivity contribution is 0.370. The molecular formula is C14H15BrClNS. The lowest BCUT2D eigenvalue weighted by Gasteiger charge is -2.21. The average Bonchev–Trinajstić information content (AvgIpc) is 2.75. The Morgan fingerprint density at radius 2 is 2.17 bits per heavy atom. The van der Waals surface area contributed by atoms with Crippen LogP contribution in [0.15, 0.2) is 29.7 Å². The molecule has 4 heteroatoms. The van der Waals surface area contributed by atoms with Crippen molar-refractivity contribution < 1.29 is 0 Å². The second kappa shape index (κ2) is 5.74. The van der Waals surface area contributed by atoms with E-state index in [9.17, 15) is 0 Å². The molecule has 0 radical (unpaired) electrons. The van der Waals surface area contributed by atoms with Gasteiger partial charge in [-0.1, -0.05) is 23.7 Å². The molecule has 0 saturated carbocycles. The van der Waals surface area contributed by atoms with Crippen molar-refractivity contribution in [2.24, 2.45) is 0 Å². The van der Waals surface area contributed by atoms with E-state index in [1.54, 1.807) is 11.3 Å². The standard InChI is InChI=1S/C14H14ClNS.BrH/c1-16-7-5-10(6-8-16)11-9-17-13-4-2-3-12(15)14(11)13;/h2-5,9H,6-8H2,1H3;1H. The second-order valence-electron chi connectivity index (χ2n) is 4.50. The first-order valence-electron chi connectivity index (χ1n) is 5.79. The molecule has 3 rings (SSSR count). The van der Waals surface area contributed by atoms with Crippen molar-refractivity contribution in [1.29, 1.82) is 0 Å². The van der Waals surface area contributed by atoms with Gasteiger partial charge in [-0.05, 0) is 42.1 Å². The van der Waals surface area contributed by atoms with Crippen molar-refractivity contribution in [1.82, 2.24) is 4.90 Å². The average molecular weight is 345 g/mol. The van der Waals surface area contributed by atoms with Gasteiger partial charge in [-0.2, -0.15) is 0 Å². The predicted molar refractivity (Wildman–Crippen MR) is 87.2 cm³/mol. The molecule has 0 saturated heterocycles. The molecule has 1 aromatic carbocycles. The Kier molecular flexibility index (Phi) is 4.49. The van der Waals surface area contributed by atoms with E-state index in [0.29, 0.717) is 0 Å². The van der Waals surface area contributed by atoms with E-state index >= 15 is 0 Å². The number of rotatable bonds is 1. The summed E-state index contributed by atoms with van der Waals surface area (Å²) in [6, 6.07) is 6.15. The van der Waals surface area contributed by atoms with Crippen LogP contribution < -0.4 is 0 Å². The summed E-state index contributed by atoms with van der Waals surface area (Å²) in [4.78, 5) is 2.33. The molecule has 0 atom stereocenters. The summed E-state index contributed by atoms with van der Waals surface area (Å²) in [6.07, 6.45) is 3.45. The third-order valence-corrected chi connectivity index (χ3v) is 4.57. The van der Waals surface area contributed by atoms with Gasteiger partial charge in [-0.15, -0.1) is 28.3 Å². The summed E-state index contributed by atoms with van der Waals surface area (Å²) in [5, 5.41) is 4.35. The van der Waals surface area contributed by atoms with Gasteiger partial charge in [0.15, 0.2) is 0 Å². The van der Waals surface area contributed by atoms with Crippen LogP contribution in [-0.2, 0) is 0 Å². The molecule has 0 spiro atoms. The number of benzene rings is 1. The summed E-state index contributed by atoms with van der Waals surface area (Å²) >= 11 is 8.10. The molecule has 18 heavy (non-hydrogen) atoms. The van der Waals surface area contributed by atoms with Crippen molar-refractivity contribution in [3.63, 3.8) is 0 Å². The van der Waals surface area contributed by atoms with Gasteiger partial charge in [0.1, 0.15) is 0 Å². The molecule has 1 aliphatic rings. The molecule has 0 amide bonds. The zero-order valence-corrected chi connectivity index (χ0v) is 13.4. The maximum Gasteiger partial charge on any atom is 0.0499 e. The van der Waals surface area contributed by atoms with E-state index in [-0.39, 0.29) is 17.0 Å². The maximum absolute atomic E-state index is 6.32. The third-order valence-electron chi connectivity index (χ3n) is 3.31. The van der Waals surface area contributed by atoms with Crippen LogP contribution in [0.1, 0.15) is 12.0 Å². The molecule has 0 fully saturated rings. The normalized spacial score (nSPS) is 16.4. The van der Waals surface area contributed by atoms with Crippen LogP contribution in [-0.4, -0.2) is 25.0 Å². The number of hydrogen-bond donors (Lipinski definition) is 0. The van der Waals surface area contributed by atoms with E-state index < -0.39 is 0 Å². The molecule has 2 heterocycles. The van der Waals surface area contributed by atoms with E-state index in [4.69, 9.17) is 11.6 Å². The number of likely N-dealkylation sites (N-methyl/N-ethyl adjacent to an activating group) is 1. The van der Waals surface area contributed by atoms with Crippen LogP contribution in [0.4, 0.5) is 0 Å². The lowest BCUT2D eigenvalue weighted by atomic mass is 9.99. The van der Waals surface area contributed by atoms with Gasteiger partial charge < -0.3 is 4.90 Å². The van der Waals surface area contributed by atoms with Gasteiger partial charge in [0.05, 0.1) is 0 Å². The molecule has 96 valence electrons. The van der Waals surface area contributed by atoms with Gasteiger partial charge in [0.25, 0.3) is 0 Å². The topological polar surface area (TPSA) is 3.24 Å². The fourth-order valence-corrected chi connectivity index (χ4v) is 3.64. The minimum Gasteiger partial charge on any atom is -0.302 e. The minimum atomic E-state index is 0. The Morgan fingerprint density at radius 1 is 1.33 bits per heavy atom. The Bertz CT molecular complexity index is 590. The highest BCUT2D eigenvalue weighted by atomic mass is 79.9. The highest BCUT2D eigenvalue weighted by Gasteiger charge is 2.14. The van der Waals surface area contributed by atoms with Crippen molar-refractivity contribution >= 4 is 55.6 Å². The van der Waals surface area contributed by atoms with Crippen LogP contribution in [0.5, 0.6) is 0 Å². The molecule has 1 nitrogen and oxygen atoms in total. The smallest absolute Gasteiger partial charge is 0.0499 e. The Hall–Kier alpha value is -0.350. The molecule has 2 aromatic rings. The first-order chi connectivity index (χ1) is 8.25. The quantitative estimate of drug-likeness (QED) is 0.714. The summed E-state index contributed by atoms with van der Waals surface area (Å²) in [6.45, 7) is 2.17. The fraction of sp³-hybridized carbons (Fsp3) is 0.286. The molecule has 1 aromatic heterocycles. The maximum atomic E-state index is 6.32. The minimum absolute atomic E-state index is 0. The van der Waals surface area contributed by atoms with Crippen molar-refractivity contribution in [3.8, 4) is 0 Å². The zero-order valence-electron chi connectivity index (χ0n) is 10.1. The van der Waals surface area contributed by atoms with Crippen LogP contribution in [0.25, 0.3) is 15.7 Å². The molecule has 0 N–H and O–H groups in total. The summed E-state index contributed by atoms with van der Waals surface area (Å²) in [5.41, 5.74) is 2.78. The molecular weight excluding hydrogens is 330 g/mol. The van der Waals surface area contributed by atoms with E-state index in [1.165, 1.54) is 21.2 Å². The summed E-state index contributed by atoms with van der Waals surface area (Å²) in [7, 11) is 2.16. The monoisotopic (exact) mass is 343 g/mol. The summed E-state index contributed by atoms with van der Waals surface area (Å²) in [5.74, 6) is 0. The van der Waals surface area contributed by atoms with Gasteiger partial charge in [0, 0.05) is 28.2 Å². The van der Waals surface area contributed by atoms with Gasteiger partial charge >= 0.3 is 0 Å². The highest BCUT2D eigenvalue weighted by Crippen LogP contribution is 2.37. The fourth-order valence-electron chi connectivity index (χ4n) is 2.30. The van der Waals surface area contributed by atoms with Crippen LogP contribution in [0.2, 0.25) is 5.02 Å². The molecule has 0 unspecified atom stereocenters. The first kappa shape index (κ1) is 14.1. The Balaban J connectivity index is 0.00000120. The molecule has 1 aliphatic heterocycles. The van der Waals surface area contributed by atoms with E-state index in [0.717, 1.165) is 24.5 Å². The van der Waals surface area contributed by atoms with Crippen molar-refractivity contribution in [3.05, 3.63) is 40.2 Å². The number of thiophene rings is 1. The zero-order chi connectivity index (χ0) is 11.8. The highest BCUT2D eigenvalue weighted by molar-refractivity contribution is 8.93. The molecule has 0 aliphatic carbocycles. The first-order valence-corrected chi connectivity index (χ1v) is 7.05. The second-order valence-corrected chi connectivity index (χ2v) is 5.82. The van der Waals surface area contributed by atoms with Gasteiger partial charge in [0.2, 0.25) is 0 Å².